The van der Waals surface area contributed by atoms with Crippen molar-refractivity contribution >= 4 is 53.7 Å². The van der Waals surface area contributed by atoms with Crippen LogP contribution in [0.15, 0.2) is 121 Å². The van der Waals surface area contributed by atoms with Crippen LogP contribution in [0.2, 0.25) is 0 Å². The van der Waals surface area contributed by atoms with E-state index in [1.807, 2.05) is 37.3 Å². The largest absolute Gasteiger partial charge is 0.481 e. The molecule has 0 bridgehead atoms. The highest BCUT2D eigenvalue weighted by Crippen LogP contribution is 2.45. The summed E-state index contributed by atoms with van der Waals surface area (Å²) in [6, 6.07) is 35.0. The minimum absolute atomic E-state index is 0.0387. The molecule has 0 saturated carbocycles. The molecule has 5 aromatic rings. The van der Waals surface area contributed by atoms with Crippen molar-refractivity contribution in [3.05, 3.63) is 177 Å². The third-order valence-corrected chi connectivity index (χ3v) is 16.4. The summed E-state index contributed by atoms with van der Waals surface area (Å²) >= 11 is 0. The first kappa shape index (κ1) is 63.3. The van der Waals surface area contributed by atoms with E-state index < -0.39 is 106 Å². The highest BCUT2D eigenvalue weighted by molar-refractivity contribution is 5.93. The molecule has 5 aliphatic rings. The van der Waals surface area contributed by atoms with Gasteiger partial charge in [0.25, 0.3) is 0 Å². The van der Waals surface area contributed by atoms with Crippen LogP contribution < -0.4 is 28.7 Å². The monoisotopic (exact) mass is 1150 g/mol. The van der Waals surface area contributed by atoms with Crippen LogP contribution in [0.5, 0.6) is 0 Å². The molecule has 23 heteroatoms. The Labute approximate surface area is 475 Å². The summed E-state index contributed by atoms with van der Waals surface area (Å²) in [5.74, 6) is -13.4. The third kappa shape index (κ3) is 13.6. The van der Waals surface area contributed by atoms with Gasteiger partial charge < -0.3 is 74.6 Å². The molecule has 0 radical (unpaired) electrons. The Kier molecular flexibility index (Phi) is 19.8. The van der Waals surface area contributed by atoms with Crippen LogP contribution in [0, 0.1) is 11.8 Å². The van der Waals surface area contributed by atoms with Gasteiger partial charge in [-0.2, -0.15) is 0 Å². The molecule has 0 aliphatic heterocycles. The van der Waals surface area contributed by atoms with Crippen molar-refractivity contribution in [1.82, 2.24) is 0 Å². The molecule has 0 spiro atoms. The molecule has 5 aliphatic carbocycles. The second-order valence-corrected chi connectivity index (χ2v) is 21.6. The number of rotatable bonds is 14. The van der Waals surface area contributed by atoms with Gasteiger partial charge in [0.1, 0.15) is 28.6 Å². The van der Waals surface area contributed by atoms with Crippen molar-refractivity contribution in [2.45, 2.75) is 117 Å². The Hall–Kier alpha value is -8.87. The summed E-state index contributed by atoms with van der Waals surface area (Å²) in [6.45, 7) is 1.96. The lowest BCUT2D eigenvalue weighted by molar-refractivity contribution is -0.151. The zero-order chi connectivity index (χ0) is 61.5. The zero-order valence-electron chi connectivity index (χ0n) is 45.0. The molecule has 8 unspecified atom stereocenters. The van der Waals surface area contributed by atoms with Gasteiger partial charge in [-0.05, 0) is 87.2 Å². The molecule has 0 fully saturated rings. The standard InChI is InChI=1S/C13H17NO2.3C12H13NO4.C11H11NO4/c1-8(14)11-6-9-4-2-3-5-10(9)12(11)7-13(15)16;2*13-12(11(16)17)6-7-3-1-2-4-8(7)9(12)5-10(14)15;13-10(12(16)17)8-5-6-3-1-2-4-7(6)9(8)11(14)15;12-11(10(15)16)5-6-3-1-2-4-7(6)8(11)9(13)14/h2-5,8,11-12H,6-7,14H2,1H3,(H,15,16);2*1-4,9H,5-6,13H2,(H,14,15)(H,16,17);1-4,8-10H,5,13H2,(H,14,15)(H,16,17);1-4,8H,5,12H2,(H,13,14)(H,15,16)/t;9-,12+;9-,12-;;/m.11../s1. The molecule has 0 saturated heterocycles. The summed E-state index contributed by atoms with van der Waals surface area (Å²) in [5, 5.41) is 81.4. The van der Waals surface area contributed by atoms with Crippen LogP contribution in [-0.2, 0) is 75.3 Å². The Morgan fingerprint density at radius 1 is 0.434 bits per heavy atom. The van der Waals surface area contributed by atoms with E-state index >= 15 is 0 Å². The van der Waals surface area contributed by atoms with E-state index in [0.717, 1.165) is 34.2 Å². The molecule has 5 aromatic carbocycles. The van der Waals surface area contributed by atoms with Crippen LogP contribution in [0.3, 0.4) is 0 Å². The summed E-state index contributed by atoms with van der Waals surface area (Å²) < 4.78 is 0. The lowest BCUT2D eigenvalue weighted by atomic mass is 9.83. The number of nitrogens with two attached hydrogens (primary N) is 5. The van der Waals surface area contributed by atoms with Gasteiger partial charge in [-0.15, -0.1) is 0 Å². The third-order valence-electron chi connectivity index (χ3n) is 16.4. The van der Waals surface area contributed by atoms with Gasteiger partial charge in [-0.1, -0.05) is 121 Å². The molecule has 10 rings (SSSR count). The van der Waals surface area contributed by atoms with E-state index in [9.17, 15) is 58.5 Å². The van der Waals surface area contributed by atoms with E-state index in [0.29, 0.717) is 23.1 Å². The fourth-order valence-corrected chi connectivity index (χ4v) is 12.3. The number of benzene rings is 5. The lowest BCUT2D eigenvalue weighted by Crippen LogP contribution is -2.53. The second-order valence-electron chi connectivity index (χ2n) is 21.6. The number of hydrogen-bond donors (Lipinski definition) is 14. The van der Waals surface area contributed by atoms with Gasteiger partial charge in [0.15, 0.2) is 0 Å². The Morgan fingerprint density at radius 3 is 1.14 bits per heavy atom. The van der Waals surface area contributed by atoms with Gasteiger partial charge in [0, 0.05) is 43.1 Å². The van der Waals surface area contributed by atoms with Gasteiger partial charge >= 0.3 is 53.7 Å². The van der Waals surface area contributed by atoms with Crippen LogP contribution in [0.1, 0.15) is 111 Å². The van der Waals surface area contributed by atoms with Gasteiger partial charge in [0.05, 0.1) is 25.2 Å². The van der Waals surface area contributed by atoms with Crippen LogP contribution in [-0.4, -0.2) is 128 Å². The molecule has 0 amide bonds. The number of carboxylic acids is 9. The van der Waals surface area contributed by atoms with E-state index in [1.165, 1.54) is 11.1 Å². The molecule has 440 valence electrons. The average molecular weight is 1150 g/mol. The summed E-state index contributed by atoms with van der Waals surface area (Å²) in [4.78, 5) is 99.5. The molecule has 0 aromatic heterocycles. The predicted octanol–water partition coefficient (Wildman–Crippen LogP) is 3.56. The summed E-state index contributed by atoms with van der Waals surface area (Å²) in [5.41, 5.74) is 32.5. The highest BCUT2D eigenvalue weighted by atomic mass is 16.4. The first-order chi connectivity index (χ1) is 39.0. The second kappa shape index (κ2) is 25.9. The van der Waals surface area contributed by atoms with E-state index in [1.54, 1.807) is 84.9 Å². The van der Waals surface area contributed by atoms with E-state index in [4.69, 9.17) is 59.3 Å². The molecule has 19 N–H and O–H groups in total. The Morgan fingerprint density at radius 2 is 0.771 bits per heavy atom. The maximum atomic E-state index is 11.3. The van der Waals surface area contributed by atoms with Crippen molar-refractivity contribution in [3.8, 4) is 0 Å². The highest BCUT2D eigenvalue weighted by Gasteiger charge is 2.54. The Bertz CT molecular complexity index is 3230. The van der Waals surface area contributed by atoms with E-state index in [2.05, 4.69) is 6.07 Å². The van der Waals surface area contributed by atoms with Crippen molar-refractivity contribution in [2.24, 2.45) is 40.5 Å². The minimum atomic E-state index is -1.74. The molecular formula is C60H67N5O18. The quantitative estimate of drug-likeness (QED) is 0.0755. The predicted molar refractivity (Wildman–Crippen MR) is 296 cm³/mol. The van der Waals surface area contributed by atoms with Crippen LogP contribution >= 0.6 is 0 Å². The smallest absolute Gasteiger partial charge is 0.325 e. The number of aliphatic carboxylic acids is 9. The first-order valence-corrected chi connectivity index (χ1v) is 26.3. The van der Waals surface area contributed by atoms with Crippen molar-refractivity contribution in [2.75, 3.05) is 0 Å². The topological polar surface area (TPSA) is 466 Å². The minimum Gasteiger partial charge on any atom is -0.481 e. The van der Waals surface area contributed by atoms with Gasteiger partial charge in [-0.25, -0.2) is 0 Å². The van der Waals surface area contributed by atoms with Crippen LogP contribution in [0.25, 0.3) is 0 Å². The van der Waals surface area contributed by atoms with Gasteiger partial charge in [0.2, 0.25) is 0 Å². The molecular weight excluding hydrogens is 1080 g/mol. The average Bonchev–Trinajstić information content (AvgIpc) is 3.14. The number of fused-ring (bicyclic) bond motifs is 5. The van der Waals surface area contributed by atoms with Crippen LogP contribution in [0.4, 0.5) is 0 Å². The van der Waals surface area contributed by atoms with Crippen molar-refractivity contribution < 1.29 is 89.1 Å². The molecule has 0 heterocycles. The fourth-order valence-electron chi connectivity index (χ4n) is 12.3. The van der Waals surface area contributed by atoms with Crippen molar-refractivity contribution in [3.63, 3.8) is 0 Å². The first-order valence-electron chi connectivity index (χ1n) is 26.3. The number of carboxylic acid groups (broad SMARTS) is 9. The lowest BCUT2D eigenvalue weighted by Gasteiger charge is -2.26. The fraction of sp³-hybridized carbons (Fsp3) is 0.350. The van der Waals surface area contributed by atoms with Crippen molar-refractivity contribution in [1.29, 1.82) is 0 Å². The zero-order valence-corrected chi connectivity index (χ0v) is 45.0. The van der Waals surface area contributed by atoms with E-state index in [-0.39, 0.29) is 56.4 Å². The molecule has 12 atom stereocenters. The molecule has 83 heavy (non-hydrogen) atoms. The summed E-state index contributed by atoms with van der Waals surface area (Å²) in [7, 11) is 0. The maximum Gasteiger partial charge on any atom is 0.325 e. The normalized spacial score (nSPS) is 25.9. The summed E-state index contributed by atoms with van der Waals surface area (Å²) in [6.07, 6.45) is 1.37. The maximum absolute atomic E-state index is 11.3. The Balaban J connectivity index is 0.000000167. The number of hydrogen-bond acceptors (Lipinski definition) is 14. The van der Waals surface area contributed by atoms with Gasteiger partial charge in [-0.3, -0.25) is 43.2 Å². The number of carbonyl (C=O) groups is 9. The molecule has 23 nitrogen and oxygen atoms in total. The SMILES string of the molecule is CC(N)C1Cc2ccccc2C1CC(=O)O.NC(C(=O)O)C1Cc2ccccc2C1C(=O)O.NC1(C(=O)O)Cc2ccccc2C1C(=O)O.N[C@@]1(C(=O)O)Cc2ccccc2[C@H]1CC(=O)O.N[C@]1(C(=O)O)Cc2ccccc2[C@H]1CC(=O)O.